The summed E-state index contributed by atoms with van der Waals surface area (Å²) in [6, 6.07) is 3.40. The van der Waals surface area contributed by atoms with Crippen LogP contribution in [-0.4, -0.2) is 53.4 Å². The Morgan fingerprint density at radius 3 is 2.73 bits per heavy atom. The van der Waals surface area contributed by atoms with Crippen LogP contribution < -0.4 is 10.3 Å². The van der Waals surface area contributed by atoms with E-state index < -0.39 is 0 Å². The van der Waals surface area contributed by atoms with Gasteiger partial charge in [-0.1, -0.05) is 12.8 Å². The van der Waals surface area contributed by atoms with Crippen molar-refractivity contribution in [3.05, 3.63) is 50.1 Å². The summed E-state index contributed by atoms with van der Waals surface area (Å²) in [5.74, 6) is 0.506. The lowest BCUT2D eigenvalue weighted by atomic mass is 10.0. The van der Waals surface area contributed by atoms with Gasteiger partial charge >= 0.3 is 0 Å². The zero-order valence-electron chi connectivity index (χ0n) is 19.3. The van der Waals surface area contributed by atoms with Gasteiger partial charge in [0.2, 0.25) is 5.91 Å². The number of ether oxygens (including phenoxy) is 1. The molecule has 1 spiro atoms. The number of rotatable bonds is 5. The third kappa shape index (κ3) is 3.98. The summed E-state index contributed by atoms with van der Waals surface area (Å²) in [7, 11) is 3.25. The van der Waals surface area contributed by atoms with Crippen LogP contribution in [0.1, 0.15) is 53.7 Å². The molecular weight excluding hydrogens is 438 g/mol. The molecule has 0 bridgehead atoms. The van der Waals surface area contributed by atoms with Gasteiger partial charge in [-0.2, -0.15) is 11.3 Å². The Bertz CT molecular complexity index is 1120. The molecule has 2 aromatic rings. The van der Waals surface area contributed by atoms with Gasteiger partial charge in [0.05, 0.1) is 7.11 Å². The van der Waals surface area contributed by atoms with Gasteiger partial charge < -0.3 is 19.1 Å². The lowest BCUT2D eigenvalue weighted by Crippen LogP contribution is -2.36. The molecule has 176 valence electrons. The van der Waals surface area contributed by atoms with Crippen molar-refractivity contribution in [3.63, 3.8) is 0 Å². The number of methoxy groups -OCH3 is 1. The van der Waals surface area contributed by atoms with Gasteiger partial charge in [-0.3, -0.25) is 14.4 Å². The summed E-state index contributed by atoms with van der Waals surface area (Å²) in [5.41, 5.74) is 2.23. The van der Waals surface area contributed by atoms with Crippen LogP contribution in [-0.2, 0) is 24.3 Å². The highest BCUT2D eigenvalue weighted by atomic mass is 32.1. The van der Waals surface area contributed by atoms with Crippen molar-refractivity contribution in [2.24, 2.45) is 11.3 Å². The summed E-state index contributed by atoms with van der Waals surface area (Å²) in [5, 5.41) is 4.01. The number of amides is 2. The fourth-order valence-corrected chi connectivity index (χ4v) is 6.49. The average molecular weight is 470 g/mol. The smallest absolute Gasteiger partial charge is 0.259 e. The number of thiophene rings is 1. The number of pyridine rings is 1. The van der Waals surface area contributed by atoms with Crippen molar-refractivity contribution in [1.29, 1.82) is 0 Å². The van der Waals surface area contributed by atoms with Crippen LogP contribution >= 0.6 is 11.3 Å². The van der Waals surface area contributed by atoms with E-state index >= 15 is 0 Å². The highest BCUT2D eigenvalue weighted by Crippen LogP contribution is 2.63. The van der Waals surface area contributed by atoms with Gasteiger partial charge in [0.25, 0.3) is 11.5 Å². The summed E-state index contributed by atoms with van der Waals surface area (Å²) >= 11 is 1.60. The third-order valence-corrected chi connectivity index (χ3v) is 8.50. The van der Waals surface area contributed by atoms with Gasteiger partial charge in [0.1, 0.15) is 11.3 Å². The molecule has 0 saturated heterocycles. The van der Waals surface area contributed by atoms with Crippen molar-refractivity contribution in [1.82, 2.24) is 14.4 Å². The SMILES string of the molecule is COc1cc(=O)n2c(c1C(=O)N(C)Cc1ccsc1)CCN(C(=O)[C@H]1CC13CCCC3)CC2. The number of nitrogens with zero attached hydrogens (tertiary/aromatic N) is 3. The molecule has 0 radical (unpaired) electrons. The molecule has 2 aromatic heterocycles. The maximum Gasteiger partial charge on any atom is 0.259 e. The third-order valence-electron chi connectivity index (χ3n) is 7.77. The molecule has 3 aliphatic rings. The van der Waals surface area contributed by atoms with E-state index in [4.69, 9.17) is 4.74 Å². The topological polar surface area (TPSA) is 71.8 Å². The van der Waals surface area contributed by atoms with Crippen LogP contribution in [0.3, 0.4) is 0 Å². The number of fused-ring (bicyclic) bond motifs is 1. The van der Waals surface area contributed by atoms with Crippen LogP contribution in [0.5, 0.6) is 5.75 Å². The fourth-order valence-electron chi connectivity index (χ4n) is 5.83. The molecule has 7 nitrogen and oxygen atoms in total. The second-order valence-electron chi connectivity index (χ2n) is 9.72. The molecule has 0 N–H and O–H groups in total. The predicted molar refractivity (Wildman–Crippen MR) is 127 cm³/mol. The lowest BCUT2D eigenvalue weighted by Gasteiger charge is -2.22. The van der Waals surface area contributed by atoms with Crippen molar-refractivity contribution >= 4 is 23.2 Å². The Kier molecular flexibility index (Phi) is 5.80. The second-order valence-corrected chi connectivity index (χ2v) is 10.5. The molecule has 33 heavy (non-hydrogen) atoms. The van der Waals surface area contributed by atoms with Crippen molar-refractivity contribution in [2.45, 2.75) is 51.6 Å². The van der Waals surface area contributed by atoms with Gasteiger partial charge in [0.15, 0.2) is 0 Å². The fraction of sp³-hybridized carbons (Fsp3) is 0.560. The molecule has 1 aliphatic heterocycles. The number of carbonyl (C=O) groups is 2. The van der Waals surface area contributed by atoms with E-state index in [1.807, 2.05) is 21.7 Å². The monoisotopic (exact) mass is 469 g/mol. The largest absolute Gasteiger partial charge is 0.496 e. The summed E-state index contributed by atoms with van der Waals surface area (Å²) in [4.78, 5) is 43.2. The average Bonchev–Trinajstić information content (AvgIpc) is 3.05. The molecule has 2 aliphatic carbocycles. The lowest BCUT2D eigenvalue weighted by molar-refractivity contribution is -0.133. The highest BCUT2D eigenvalue weighted by molar-refractivity contribution is 7.07. The Balaban J connectivity index is 1.40. The summed E-state index contributed by atoms with van der Waals surface area (Å²) in [6.07, 6.45) is 6.28. The minimum atomic E-state index is -0.188. The van der Waals surface area contributed by atoms with E-state index in [0.29, 0.717) is 49.6 Å². The van der Waals surface area contributed by atoms with E-state index in [9.17, 15) is 14.4 Å². The molecule has 2 fully saturated rings. The van der Waals surface area contributed by atoms with Crippen LogP contribution in [0.4, 0.5) is 0 Å². The second kappa shape index (κ2) is 8.63. The molecule has 2 saturated carbocycles. The molecule has 0 unspecified atom stereocenters. The van der Waals surface area contributed by atoms with Crippen molar-refractivity contribution in [3.8, 4) is 5.75 Å². The van der Waals surface area contributed by atoms with Crippen LogP contribution in [0.15, 0.2) is 27.7 Å². The zero-order valence-corrected chi connectivity index (χ0v) is 20.2. The predicted octanol–water partition coefficient (Wildman–Crippen LogP) is 3.16. The Morgan fingerprint density at radius 1 is 1.24 bits per heavy atom. The highest BCUT2D eigenvalue weighted by Gasteiger charge is 2.59. The minimum Gasteiger partial charge on any atom is -0.496 e. The van der Waals surface area contributed by atoms with E-state index in [1.54, 1.807) is 27.9 Å². The van der Waals surface area contributed by atoms with E-state index in [1.165, 1.54) is 38.9 Å². The first-order valence-electron chi connectivity index (χ1n) is 11.8. The normalized spacial score (nSPS) is 20.9. The van der Waals surface area contributed by atoms with Gasteiger partial charge in [-0.15, -0.1) is 0 Å². The molecule has 1 atom stereocenters. The maximum absolute atomic E-state index is 13.5. The first kappa shape index (κ1) is 22.2. The van der Waals surface area contributed by atoms with Gasteiger partial charge in [-0.25, -0.2) is 0 Å². The quantitative estimate of drug-likeness (QED) is 0.675. The first-order valence-corrected chi connectivity index (χ1v) is 12.7. The minimum absolute atomic E-state index is 0.144. The zero-order chi connectivity index (χ0) is 23.2. The molecule has 2 amide bonds. The maximum atomic E-state index is 13.5. The number of hydrogen-bond donors (Lipinski definition) is 0. The van der Waals surface area contributed by atoms with Crippen molar-refractivity contribution in [2.75, 3.05) is 27.2 Å². The molecule has 8 heteroatoms. The van der Waals surface area contributed by atoms with E-state index in [-0.39, 0.29) is 28.7 Å². The molecular formula is C25H31N3O4S. The van der Waals surface area contributed by atoms with E-state index in [0.717, 1.165) is 12.0 Å². The number of hydrogen-bond acceptors (Lipinski definition) is 5. The van der Waals surface area contributed by atoms with Crippen molar-refractivity contribution < 1.29 is 14.3 Å². The van der Waals surface area contributed by atoms with Crippen LogP contribution in [0, 0.1) is 11.3 Å². The van der Waals surface area contributed by atoms with E-state index in [2.05, 4.69) is 0 Å². The molecule has 0 aromatic carbocycles. The Hall–Kier alpha value is -2.61. The summed E-state index contributed by atoms with van der Waals surface area (Å²) < 4.78 is 7.15. The first-order chi connectivity index (χ1) is 15.9. The van der Waals surface area contributed by atoms with Gasteiger partial charge in [0, 0.05) is 57.3 Å². The number of aromatic nitrogens is 1. The van der Waals surface area contributed by atoms with Crippen LogP contribution in [0.2, 0.25) is 0 Å². The van der Waals surface area contributed by atoms with Gasteiger partial charge in [-0.05, 0) is 47.1 Å². The summed E-state index contributed by atoms with van der Waals surface area (Å²) in [6.45, 7) is 1.91. The molecule has 5 rings (SSSR count). The molecule has 3 heterocycles. The Morgan fingerprint density at radius 2 is 2.03 bits per heavy atom. The standard InChI is InChI=1S/C25H31N3O4S/c1-26(15-17-6-12-33-16-17)24(31)22-19-5-9-27(10-11-28(19)21(29)13-20(22)32-2)23(30)18-14-25(18)7-3-4-8-25/h6,12-13,16,18H,3-5,7-11,14-15H2,1-2H3/t18-/m1/s1. The number of carbonyl (C=O) groups excluding carboxylic acids is 2. The Labute approximate surface area is 197 Å². The van der Waals surface area contributed by atoms with Crippen LogP contribution in [0.25, 0.3) is 0 Å².